The van der Waals surface area contributed by atoms with Crippen LogP contribution in [0.5, 0.6) is 5.75 Å². The second-order valence-electron chi connectivity index (χ2n) is 2.82. The number of hydrogen-bond acceptors (Lipinski definition) is 6. The summed E-state index contributed by atoms with van der Waals surface area (Å²) in [6, 6.07) is -0.576. The molecule has 1 rings (SSSR count). The van der Waals surface area contributed by atoms with Crippen LogP contribution in [0.2, 0.25) is 0 Å². The van der Waals surface area contributed by atoms with Gasteiger partial charge in [-0.2, -0.15) is 0 Å². The predicted octanol–water partition coefficient (Wildman–Crippen LogP) is -1.46. The lowest BCUT2D eigenvalue weighted by Gasteiger charge is -2.15. The summed E-state index contributed by atoms with van der Waals surface area (Å²) < 4.78 is 4.83. The third-order valence-corrected chi connectivity index (χ3v) is 1.80. The molecule has 1 aromatic heterocycles. The molecule has 7 heteroatoms. The molecular weight excluding hydrogens is 202 g/mol. The summed E-state index contributed by atoms with van der Waals surface area (Å²) in [4.78, 5) is 17.4. The number of aromatic amines is 1. The summed E-state index contributed by atoms with van der Waals surface area (Å²) in [5.41, 5.74) is -0.426. The van der Waals surface area contributed by atoms with Crippen LogP contribution in [0, 0.1) is 0 Å². The second-order valence-corrected chi connectivity index (χ2v) is 2.82. The average molecular weight is 215 g/mol. The summed E-state index contributed by atoms with van der Waals surface area (Å²) in [5, 5.41) is 20.4. The van der Waals surface area contributed by atoms with Crippen LogP contribution in [0.1, 0.15) is 0 Å². The van der Waals surface area contributed by atoms with Gasteiger partial charge in [-0.1, -0.05) is 0 Å². The highest BCUT2D eigenvalue weighted by Gasteiger charge is 2.12. The van der Waals surface area contributed by atoms with Gasteiger partial charge in [0.2, 0.25) is 5.75 Å². The molecule has 0 aliphatic rings. The summed E-state index contributed by atoms with van der Waals surface area (Å²) in [5.74, 6) is 0.207. The number of ether oxygens (including phenoxy) is 1. The lowest BCUT2D eigenvalue weighted by Crippen LogP contribution is -2.29. The smallest absolute Gasteiger partial charge is 0.295 e. The van der Waals surface area contributed by atoms with E-state index in [0.29, 0.717) is 0 Å². The maximum Gasteiger partial charge on any atom is 0.295 e. The number of aromatic nitrogens is 2. The maximum atomic E-state index is 11.2. The van der Waals surface area contributed by atoms with Gasteiger partial charge < -0.3 is 25.3 Å². The maximum absolute atomic E-state index is 11.2. The summed E-state index contributed by atoms with van der Waals surface area (Å²) in [7, 11) is 1.34. The normalized spacial score (nSPS) is 10.4. The number of rotatable bonds is 5. The van der Waals surface area contributed by atoms with Gasteiger partial charge in [-0.25, -0.2) is 4.98 Å². The Labute approximate surface area is 85.7 Å². The van der Waals surface area contributed by atoms with Gasteiger partial charge in [-0.05, 0) is 0 Å². The molecule has 0 unspecified atom stereocenters. The number of anilines is 1. The number of methoxy groups -OCH3 is 1. The SMILES string of the molecule is COc1c(NC(CO)CO)nc[nH]c1=O. The van der Waals surface area contributed by atoms with E-state index in [1.807, 2.05) is 0 Å². The van der Waals surface area contributed by atoms with Gasteiger partial charge in [-0.15, -0.1) is 0 Å². The molecule has 7 nitrogen and oxygen atoms in total. The van der Waals surface area contributed by atoms with Gasteiger partial charge in [0.15, 0.2) is 5.82 Å². The quantitative estimate of drug-likeness (QED) is 0.478. The number of nitrogens with one attached hydrogen (secondary N) is 2. The Kier molecular flexibility index (Phi) is 4.07. The Bertz CT molecular complexity index is 361. The number of aliphatic hydroxyl groups excluding tert-OH is 2. The molecule has 0 aromatic carbocycles. The Morgan fingerprint density at radius 3 is 2.80 bits per heavy atom. The van der Waals surface area contributed by atoms with Crippen molar-refractivity contribution in [1.82, 2.24) is 9.97 Å². The summed E-state index contributed by atoms with van der Waals surface area (Å²) in [6.07, 6.45) is 1.21. The van der Waals surface area contributed by atoms with Crippen molar-refractivity contribution >= 4 is 5.82 Å². The number of hydrogen-bond donors (Lipinski definition) is 4. The third-order valence-electron chi connectivity index (χ3n) is 1.80. The van der Waals surface area contributed by atoms with Crippen LogP contribution >= 0.6 is 0 Å². The lowest BCUT2D eigenvalue weighted by molar-refractivity contribution is 0.203. The van der Waals surface area contributed by atoms with E-state index in [1.54, 1.807) is 0 Å². The first kappa shape index (κ1) is 11.5. The molecule has 0 saturated carbocycles. The third kappa shape index (κ3) is 2.67. The van der Waals surface area contributed by atoms with Crippen LogP contribution in [0.15, 0.2) is 11.1 Å². The highest BCUT2D eigenvalue weighted by molar-refractivity contribution is 5.48. The lowest BCUT2D eigenvalue weighted by atomic mass is 10.3. The largest absolute Gasteiger partial charge is 0.489 e. The van der Waals surface area contributed by atoms with E-state index < -0.39 is 11.6 Å². The molecule has 0 bridgehead atoms. The molecule has 1 aromatic rings. The van der Waals surface area contributed by atoms with Crippen molar-refractivity contribution < 1.29 is 14.9 Å². The van der Waals surface area contributed by atoms with Gasteiger partial charge in [0.25, 0.3) is 5.56 Å². The molecule has 0 fully saturated rings. The molecule has 84 valence electrons. The van der Waals surface area contributed by atoms with Gasteiger partial charge in [0, 0.05) is 0 Å². The van der Waals surface area contributed by atoms with E-state index in [0.717, 1.165) is 0 Å². The standard InChI is InChI=1S/C8H13N3O4/c1-15-6-7(9-4-10-8(6)14)11-5(2-12)3-13/h4-5,12-13H,2-3H2,1H3,(H2,9,10,11,14). The molecule has 0 spiro atoms. The van der Waals surface area contributed by atoms with Crippen molar-refractivity contribution in [3.63, 3.8) is 0 Å². The van der Waals surface area contributed by atoms with Crippen LogP contribution in [0.25, 0.3) is 0 Å². The van der Waals surface area contributed by atoms with Crippen molar-refractivity contribution in [1.29, 1.82) is 0 Å². The minimum absolute atomic E-state index is 0.0180. The van der Waals surface area contributed by atoms with Crippen LogP contribution < -0.4 is 15.6 Å². The van der Waals surface area contributed by atoms with Crippen LogP contribution in [-0.4, -0.2) is 46.5 Å². The summed E-state index contributed by atoms with van der Waals surface area (Å²) >= 11 is 0. The molecule has 15 heavy (non-hydrogen) atoms. The van der Waals surface area contributed by atoms with E-state index in [2.05, 4.69) is 15.3 Å². The first-order valence-corrected chi connectivity index (χ1v) is 4.32. The van der Waals surface area contributed by atoms with E-state index in [4.69, 9.17) is 14.9 Å². The van der Waals surface area contributed by atoms with Gasteiger partial charge in [0.05, 0.1) is 32.7 Å². The molecule has 0 amide bonds. The van der Waals surface area contributed by atoms with Crippen molar-refractivity contribution in [3.05, 3.63) is 16.7 Å². The van der Waals surface area contributed by atoms with Crippen LogP contribution in [-0.2, 0) is 0 Å². The Morgan fingerprint density at radius 1 is 1.60 bits per heavy atom. The molecule has 1 heterocycles. The molecule has 0 atom stereocenters. The van der Waals surface area contributed by atoms with E-state index in [-0.39, 0.29) is 24.8 Å². The van der Waals surface area contributed by atoms with E-state index in [1.165, 1.54) is 13.4 Å². The Morgan fingerprint density at radius 2 is 2.27 bits per heavy atom. The fraction of sp³-hybridized carbons (Fsp3) is 0.500. The number of aliphatic hydroxyl groups is 2. The number of H-pyrrole nitrogens is 1. The second kappa shape index (κ2) is 5.32. The molecular formula is C8H13N3O4. The number of nitrogens with zero attached hydrogens (tertiary/aromatic N) is 1. The molecule has 0 radical (unpaired) electrons. The van der Waals surface area contributed by atoms with Crippen LogP contribution in [0.4, 0.5) is 5.82 Å². The average Bonchev–Trinajstić information content (AvgIpc) is 2.26. The monoisotopic (exact) mass is 215 g/mol. The zero-order valence-electron chi connectivity index (χ0n) is 8.23. The highest BCUT2D eigenvalue weighted by atomic mass is 16.5. The zero-order valence-corrected chi connectivity index (χ0v) is 8.23. The van der Waals surface area contributed by atoms with Crippen molar-refractivity contribution in [2.75, 3.05) is 25.6 Å². The highest BCUT2D eigenvalue weighted by Crippen LogP contribution is 2.14. The van der Waals surface area contributed by atoms with Gasteiger partial charge >= 0.3 is 0 Å². The molecule has 0 aliphatic heterocycles. The predicted molar refractivity (Wildman–Crippen MR) is 53.0 cm³/mol. The molecule has 0 saturated heterocycles. The summed E-state index contributed by atoms with van der Waals surface area (Å²) in [6.45, 7) is -0.539. The fourth-order valence-electron chi connectivity index (χ4n) is 1.02. The topological polar surface area (TPSA) is 107 Å². The Balaban J connectivity index is 2.93. The zero-order chi connectivity index (χ0) is 11.3. The van der Waals surface area contributed by atoms with Gasteiger partial charge in [0.1, 0.15) is 0 Å². The minimum atomic E-state index is -0.576. The van der Waals surface area contributed by atoms with Crippen molar-refractivity contribution in [2.45, 2.75) is 6.04 Å². The minimum Gasteiger partial charge on any atom is -0.489 e. The molecule has 0 aliphatic carbocycles. The van der Waals surface area contributed by atoms with Crippen LogP contribution in [0.3, 0.4) is 0 Å². The van der Waals surface area contributed by atoms with E-state index in [9.17, 15) is 4.79 Å². The van der Waals surface area contributed by atoms with Crippen molar-refractivity contribution in [3.8, 4) is 5.75 Å². The Hall–Kier alpha value is -1.60. The first-order valence-electron chi connectivity index (χ1n) is 4.32. The van der Waals surface area contributed by atoms with Gasteiger partial charge in [-0.3, -0.25) is 4.79 Å². The molecule has 4 N–H and O–H groups in total. The fourth-order valence-corrected chi connectivity index (χ4v) is 1.02. The van der Waals surface area contributed by atoms with Crippen molar-refractivity contribution in [2.24, 2.45) is 0 Å². The first-order chi connectivity index (χ1) is 7.22. The van der Waals surface area contributed by atoms with E-state index >= 15 is 0 Å².